The second kappa shape index (κ2) is 7.16. The van der Waals surface area contributed by atoms with E-state index in [1.807, 2.05) is 11.6 Å². The molecule has 0 fully saturated rings. The number of carboxylic acids is 1. The third-order valence-electron chi connectivity index (χ3n) is 2.66. The predicted octanol–water partition coefficient (Wildman–Crippen LogP) is 1.42. The Morgan fingerprint density at radius 3 is 2.30 bits per heavy atom. The summed E-state index contributed by atoms with van der Waals surface area (Å²) in [5, 5.41) is 8.45. The van der Waals surface area contributed by atoms with Gasteiger partial charge in [0.05, 0.1) is 4.90 Å². The molecule has 0 unspecified atom stereocenters. The zero-order valence-corrected chi connectivity index (χ0v) is 11.9. The minimum atomic E-state index is -3.86. The summed E-state index contributed by atoms with van der Waals surface area (Å²) in [6.45, 7) is 1.30. The van der Waals surface area contributed by atoms with Crippen LogP contribution in [0, 0.1) is 0 Å². The second-order valence-corrected chi connectivity index (χ2v) is 6.04. The van der Waals surface area contributed by atoms with Gasteiger partial charge in [-0.1, -0.05) is 25.5 Å². The maximum Gasteiger partial charge on any atom is 0.318 e. The minimum absolute atomic E-state index is 0.0331. The van der Waals surface area contributed by atoms with E-state index in [0.29, 0.717) is 12.0 Å². The van der Waals surface area contributed by atoms with E-state index < -0.39 is 22.5 Å². The molecule has 6 nitrogen and oxygen atoms in total. The van der Waals surface area contributed by atoms with E-state index in [4.69, 9.17) is 5.11 Å². The summed E-state index contributed by atoms with van der Waals surface area (Å²) in [5.41, 5.74) is 0.454. The van der Waals surface area contributed by atoms with Crippen LogP contribution in [0.3, 0.4) is 0 Å². The molecular weight excluding hydrogens is 282 g/mol. The molecule has 1 aromatic carbocycles. The van der Waals surface area contributed by atoms with Gasteiger partial charge in [0.2, 0.25) is 10.0 Å². The van der Waals surface area contributed by atoms with Gasteiger partial charge in [0, 0.05) is 12.0 Å². The average Bonchev–Trinajstić information content (AvgIpc) is 2.43. The molecule has 20 heavy (non-hydrogen) atoms. The van der Waals surface area contributed by atoms with Crippen molar-refractivity contribution in [2.45, 2.75) is 31.1 Å². The predicted molar refractivity (Wildman–Crippen MR) is 73.1 cm³/mol. The van der Waals surface area contributed by atoms with E-state index in [-0.39, 0.29) is 10.7 Å². The van der Waals surface area contributed by atoms with Gasteiger partial charge in [-0.05, 0) is 18.6 Å². The van der Waals surface area contributed by atoms with Crippen LogP contribution < -0.4 is 4.72 Å². The Hall–Kier alpha value is -1.73. The first kappa shape index (κ1) is 16.3. The van der Waals surface area contributed by atoms with Gasteiger partial charge in [0.25, 0.3) is 0 Å². The molecule has 0 saturated carbocycles. The Balaban J connectivity index is 2.80. The van der Waals surface area contributed by atoms with Crippen LogP contribution in [0.1, 0.15) is 36.5 Å². The lowest BCUT2D eigenvalue weighted by atomic mass is 10.1. The summed E-state index contributed by atoms with van der Waals surface area (Å²) in [6, 6.07) is 5.47. The number of ketones is 1. The lowest BCUT2D eigenvalue weighted by Gasteiger charge is -2.05. The molecule has 0 spiro atoms. The van der Waals surface area contributed by atoms with Gasteiger partial charge in [-0.15, -0.1) is 0 Å². The van der Waals surface area contributed by atoms with Crippen LogP contribution in [0.4, 0.5) is 0 Å². The van der Waals surface area contributed by atoms with Crippen molar-refractivity contribution >= 4 is 21.8 Å². The molecule has 0 radical (unpaired) electrons. The minimum Gasteiger partial charge on any atom is -0.480 e. The van der Waals surface area contributed by atoms with Crippen LogP contribution in [0.5, 0.6) is 0 Å². The van der Waals surface area contributed by atoms with Crippen LogP contribution in [-0.4, -0.2) is 31.8 Å². The number of aliphatic carboxylic acids is 1. The van der Waals surface area contributed by atoms with Crippen LogP contribution in [0.25, 0.3) is 0 Å². The highest BCUT2D eigenvalue weighted by molar-refractivity contribution is 7.89. The SMILES string of the molecule is CCCCC(=O)c1ccc(S(=O)(=O)NCC(=O)O)cc1. The van der Waals surface area contributed by atoms with Gasteiger partial charge in [-0.25, -0.2) is 8.42 Å². The number of Topliss-reactive ketones (excluding diaryl/α,β-unsaturated/α-hetero) is 1. The molecule has 110 valence electrons. The molecule has 0 amide bonds. The van der Waals surface area contributed by atoms with Crippen LogP contribution in [0.15, 0.2) is 29.2 Å². The largest absolute Gasteiger partial charge is 0.480 e. The van der Waals surface area contributed by atoms with Crippen molar-refractivity contribution in [1.29, 1.82) is 0 Å². The van der Waals surface area contributed by atoms with E-state index >= 15 is 0 Å². The van der Waals surface area contributed by atoms with Crippen molar-refractivity contribution in [3.05, 3.63) is 29.8 Å². The molecule has 0 heterocycles. The smallest absolute Gasteiger partial charge is 0.318 e. The fraction of sp³-hybridized carbons (Fsp3) is 0.385. The zero-order chi connectivity index (χ0) is 15.2. The highest BCUT2D eigenvalue weighted by Gasteiger charge is 2.15. The van der Waals surface area contributed by atoms with Crippen molar-refractivity contribution in [1.82, 2.24) is 4.72 Å². The van der Waals surface area contributed by atoms with Crippen molar-refractivity contribution in [3.8, 4) is 0 Å². The van der Waals surface area contributed by atoms with Gasteiger partial charge < -0.3 is 5.11 Å². The molecule has 2 N–H and O–H groups in total. The molecule has 0 aliphatic rings. The summed E-state index contributed by atoms with van der Waals surface area (Å²) in [5.74, 6) is -1.30. The molecule has 0 aliphatic carbocycles. The molecular formula is C13H17NO5S. The Kier molecular flexibility index (Phi) is 5.84. The summed E-state index contributed by atoms with van der Waals surface area (Å²) in [6.07, 6.45) is 2.14. The van der Waals surface area contributed by atoms with E-state index in [2.05, 4.69) is 0 Å². The monoisotopic (exact) mass is 299 g/mol. The van der Waals surface area contributed by atoms with Crippen molar-refractivity contribution < 1.29 is 23.1 Å². The Morgan fingerprint density at radius 2 is 1.80 bits per heavy atom. The quantitative estimate of drug-likeness (QED) is 0.707. The lowest BCUT2D eigenvalue weighted by molar-refractivity contribution is -0.135. The van der Waals surface area contributed by atoms with Crippen LogP contribution >= 0.6 is 0 Å². The van der Waals surface area contributed by atoms with E-state index in [1.165, 1.54) is 24.3 Å². The standard InChI is InChI=1S/C13H17NO5S/c1-2-3-4-12(15)10-5-7-11(8-6-10)20(18,19)14-9-13(16)17/h5-8,14H,2-4,9H2,1H3,(H,16,17). The lowest BCUT2D eigenvalue weighted by Crippen LogP contribution is -2.29. The maximum absolute atomic E-state index is 11.7. The highest BCUT2D eigenvalue weighted by atomic mass is 32.2. The summed E-state index contributed by atoms with van der Waals surface area (Å²) < 4.78 is 25.4. The van der Waals surface area contributed by atoms with Crippen molar-refractivity contribution in [2.75, 3.05) is 6.54 Å². The first-order valence-electron chi connectivity index (χ1n) is 6.21. The molecule has 0 aliphatic heterocycles. The number of carbonyl (C=O) groups excluding carboxylic acids is 1. The zero-order valence-electron chi connectivity index (χ0n) is 11.1. The first-order chi connectivity index (χ1) is 9.36. The third kappa shape index (κ3) is 4.75. The molecule has 0 saturated heterocycles. The van der Waals surface area contributed by atoms with Crippen LogP contribution in [0.2, 0.25) is 0 Å². The number of nitrogens with one attached hydrogen (secondary N) is 1. The summed E-state index contributed by atoms with van der Waals surface area (Å²) >= 11 is 0. The Morgan fingerprint density at radius 1 is 1.20 bits per heavy atom. The van der Waals surface area contributed by atoms with Gasteiger partial charge >= 0.3 is 5.97 Å². The summed E-state index contributed by atoms with van der Waals surface area (Å²) in [4.78, 5) is 22.0. The van der Waals surface area contributed by atoms with E-state index in [9.17, 15) is 18.0 Å². The van der Waals surface area contributed by atoms with Crippen molar-refractivity contribution in [2.24, 2.45) is 0 Å². The number of rotatable bonds is 8. The molecule has 1 aromatic rings. The van der Waals surface area contributed by atoms with Gasteiger partial charge in [0.15, 0.2) is 5.78 Å². The number of carboxylic acid groups (broad SMARTS) is 1. The number of hydrogen-bond acceptors (Lipinski definition) is 4. The van der Waals surface area contributed by atoms with Gasteiger partial charge in [-0.2, -0.15) is 4.72 Å². The van der Waals surface area contributed by atoms with E-state index in [0.717, 1.165) is 12.8 Å². The molecule has 0 aromatic heterocycles. The number of sulfonamides is 1. The first-order valence-corrected chi connectivity index (χ1v) is 7.70. The van der Waals surface area contributed by atoms with Gasteiger partial charge in [-0.3, -0.25) is 9.59 Å². The number of hydrogen-bond donors (Lipinski definition) is 2. The highest BCUT2D eigenvalue weighted by Crippen LogP contribution is 2.13. The second-order valence-electron chi connectivity index (χ2n) is 4.27. The summed E-state index contributed by atoms with van der Waals surface area (Å²) in [7, 11) is -3.86. The molecule has 0 atom stereocenters. The maximum atomic E-state index is 11.7. The average molecular weight is 299 g/mol. The van der Waals surface area contributed by atoms with Gasteiger partial charge in [0.1, 0.15) is 6.54 Å². The molecule has 7 heteroatoms. The number of carbonyl (C=O) groups is 2. The molecule has 0 bridgehead atoms. The van der Waals surface area contributed by atoms with Crippen LogP contribution in [-0.2, 0) is 14.8 Å². The topological polar surface area (TPSA) is 101 Å². The fourth-order valence-electron chi connectivity index (χ4n) is 1.54. The molecule has 1 rings (SSSR count). The Bertz CT molecular complexity index is 577. The number of benzene rings is 1. The third-order valence-corrected chi connectivity index (χ3v) is 4.07. The normalized spacial score (nSPS) is 11.2. The Labute approximate surface area is 117 Å². The fourth-order valence-corrected chi connectivity index (χ4v) is 2.52. The van der Waals surface area contributed by atoms with Crippen molar-refractivity contribution in [3.63, 3.8) is 0 Å². The van der Waals surface area contributed by atoms with E-state index in [1.54, 1.807) is 0 Å². The number of unbranched alkanes of at least 4 members (excludes halogenated alkanes) is 1.